The molecule has 0 radical (unpaired) electrons. The van der Waals surface area contributed by atoms with E-state index in [1.165, 1.54) is 12.7 Å². The van der Waals surface area contributed by atoms with Crippen LogP contribution in [0, 0.1) is 0 Å². The van der Waals surface area contributed by atoms with Crippen molar-refractivity contribution in [2.45, 2.75) is 31.7 Å². The second-order valence-corrected chi connectivity index (χ2v) is 8.43. The first kappa shape index (κ1) is 21.9. The number of hydrogen-bond donors (Lipinski definition) is 1. The number of carbonyl (C=O) groups is 1. The van der Waals surface area contributed by atoms with E-state index in [9.17, 15) is 4.79 Å². The molecule has 0 bridgehead atoms. The van der Waals surface area contributed by atoms with Crippen LogP contribution < -0.4 is 10.1 Å². The lowest BCUT2D eigenvalue weighted by molar-refractivity contribution is -0.141. The fourth-order valence-electron chi connectivity index (χ4n) is 4.44. The predicted octanol–water partition coefficient (Wildman–Crippen LogP) is 4.56. The first-order valence-corrected chi connectivity index (χ1v) is 11.6. The molecule has 7 nitrogen and oxygen atoms in total. The number of rotatable bonds is 8. The molecule has 4 aromatic rings. The molecule has 4 heterocycles. The number of anilines is 1. The van der Waals surface area contributed by atoms with Crippen LogP contribution in [-0.4, -0.2) is 40.8 Å². The highest BCUT2D eigenvalue weighted by atomic mass is 16.5. The molecule has 5 rings (SSSR count). The second kappa shape index (κ2) is 9.95. The molecule has 7 heteroatoms. The minimum Gasteiger partial charge on any atom is -0.493 e. The van der Waals surface area contributed by atoms with Crippen molar-refractivity contribution in [2.75, 3.05) is 25.6 Å². The van der Waals surface area contributed by atoms with E-state index in [4.69, 9.17) is 14.5 Å². The van der Waals surface area contributed by atoms with Crippen LogP contribution >= 0.6 is 0 Å². The summed E-state index contributed by atoms with van der Waals surface area (Å²) < 4.78 is 13.0. The zero-order chi connectivity index (χ0) is 23.3. The molecule has 0 fully saturated rings. The molecule has 1 aliphatic rings. The molecule has 174 valence electrons. The molecule has 1 atom stereocenters. The summed E-state index contributed by atoms with van der Waals surface area (Å²) in [7, 11) is 1.41. The van der Waals surface area contributed by atoms with Crippen molar-refractivity contribution in [3.8, 4) is 5.75 Å². The fraction of sp³-hybridized carbons (Fsp3) is 0.296. The first-order valence-electron chi connectivity index (χ1n) is 11.6. The van der Waals surface area contributed by atoms with Crippen molar-refractivity contribution >= 4 is 22.7 Å². The summed E-state index contributed by atoms with van der Waals surface area (Å²) in [6.07, 6.45) is 6.93. The maximum atomic E-state index is 12.1. The SMILES string of the molecule is COC(=O)CC(c1ccccn1)n1ccc2cc(OCCc3ccc4c(n3)NCCC4)ccc21. The number of esters is 1. The third kappa shape index (κ3) is 4.73. The number of hydrogen-bond acceptors (Lipinski definition) is 6. The Morgan fingerprint density at radius 2 is 2.12 bits per heavy atom. The summed E-state index contributed by atoms with van der Waals surface area (Å²) in [5, 5.41) is 4.42. The van der Waals surface area contributed by atoms with E-state index in [1.54, 1.807) is 6.20 Å². The molecule has 0 spiro atoms. The van der Waals surface area contributed by atoms with E-state index in [0.717, 1.165) is 59.7 Å². The van der Waals surface area contributed by atoms with Crippen molar-refractivity contribution in [3.63, 3.8) is 0 Å². The Morgan fingerprint density at radius 3 is 2.97 bits per heavy atom. The second-order valence-electron chi connectivity index (χ2n) is 8.43. The molecule has 0 saturated heterocycles. The fourth-order valence-corrected chi connectivity index (χ4v) is 4.44. The normalized spacial score (nSPS) is 13.7. The number of nitrogens with zero attached hydrogens (tertiary/aromatic N) is 3. The molecule has 1 aromatic carbocycles. The average molecular weight is 457 g/mol. The van der Waals surface area contributed by atoms with E-state index in [-0.39, 0.29) is 18.4 Å². The largest absolute Gasteiger partial charge is 0.493 e. The third-order valence-electron chi connectivity index (χ3n) is 6.22. The Labute approximate surface area is 198 Å². The van der Waals surface area contributed by atoms with Gasteiger partial charge in [0, 0.05) is 42.0 Å². The number of aryl methyl sites for hydroxylation is 1. The van der Waals surface area contributed by atoms with Gasteiger partial charge in [-0.25, -0.2) is 4.98 Å². The van der Waals surface area contributed by atoms with Gasteiger partial charge in [-0.05, 0) is 60.9 Å². The van der Waals surface area contributed by atoms with Crippen LogP contribution in [0.4, 0.5) is 5.82 Å². The highest BCUT2D eigenvalue weighted by molar-refractivity contribution is 5.82. The monoisotopic (exact) mass is 456 g/mol. The molecule has 0 aliphatic carbocycles. The number of aromatic nitrogens is 3. The summed E-state index contributed by atoms with van der Waals surface area (Å²) >= 11 is 0. The molecule has 1 aliphatic heterocycles. The molecule has 1 N–H and O–H groups in total. The van der Waals surface area contributed by atoms with Crippen LogP contribution in [0.15, 0.2) is 67.0 Å². The van der Waals surface area contributed by atoms with E-state index < -0.39 is 0 Å². The molecular weight excluding hydrogens is 428 g/mol. The Morgan fingerprint density at radius 1 is 1.18 bits per heavy atom. The molecule has 0 amide bonds. The van der Waals surface area contributed by atoms with Crippen molar-refractivity contribution in [1.82, 2.24) is 14.5 Å². The molecule has 1 unspecified atom stereocenters. The van der Waals surface area contributed by atoms with Crippen molar-refractivity contribution in [1.29, 1.82) is 0 Å². The Hall–Kier alpha value is -3.87. The van der Waals surface area contributed by atoms with Gasteiger partial charge in [0.1, 0.15) is 11.6 Å². The summed E-state index contributed by atoms with van der Waals surface area (Å²) in [5.74, 6) is 1.55. The van der Waals surface area contributed by atoms with Crippen molar-refractivity contribution in [3.05, 3.63) is 83.9 Å². The topological polar surface area (TPSA) is 78.3 Å². The minimum atomic E-state index is -0.275. The molecule has 34 heavy (non-hydrogen) atoms. The van der Waals surface area contributed by atoms with E-state index in [0.29, 0.717) is 6.61 Å². The smallest absolute Gasteiger partial charge is 0.308 e. The van der Waals surface area contributed by atoms with Gasteiger partial charge in [0.05, 0.1) is 31.9 Å². The van der Waals surface area contributed by atoms with Gasteiger partial charge in [-0.1, -0.05) is 12.1 Å². The number of benzene rings is 1. The van der Waals surface area contributed by atoms with Gasteiger partial charge >= 0.3 is 5.97 Å². The molecule has 0 saturated carbocycles. The highest BCUT2D eigenvalue weighted by Gasteiger charge is 2.21. The van der Waals surface area contributed by atoms with E-state index in [2.05, 4.69) is 27.0 Å². The van der Waals surface area contributed by atoms with Crippen LogP contribution in [0.1, 0.15) is 35.8 Å². The first-order chi connectivity index (χ1) is 16.7. The van der Waals surface area contributed by atoms with Crippen LogP contribution in [0.25, 0.3) is 10.9 Å². The van der Waals surface area contributed by atoms with E-state index in [1.807, 2.05) is 48.7 Å². The van der Waals surface area contributed by atoms with Crippen LogP contribution in [0.3, 0.4) is 0 Å². The van der Waals surface area contributed by atoms with E-state index >= 15 is 0 Å². The van der Waals surface area contributed by atoms with Gasteiger partial charge in [-0.2, -0.15) is 0 Å². The zero-order valence-electron chi connectivity index (χ0n) is 19.2. The summed E-state index contributed by atoms with van der Waals surface area (Å²) in [6, 6.07) is 17.8. The van der Waals surface area contributed by atoms with Gasteiger partial charge in [0.2, 0.25) is 0 Å². The highest BCUT2D eigenvalue weighted by Crippen LogP contribution is 2.29. The lowest BCUT2D eigenvalue weighted by atomic mass is 10.1. The quantitative estimate of drug-likeness (QED) is 0.392. The van der Waals surface area contributed by atoms with Gasteiger partial charge in [-0.15, -0.1) is 0 Å². The summed E-state index contributed by atoms with van der Waals surface area (Å²) in [5.41, 5.74) is 4.15. The lowest BCUT2D eigenvalue weighted by Gasteiger charge is -2.19. The van der Waals surface area contributed by atoms with Crippen LogP contribution in [0.2, 0.25) is 0 Å². The summed E-state index contributed by atoms with van der Waals surface area (Å²) in [4.78, 5) is 21.3. The number of pyridine rings is 2. The number of carbonyl (C=O) groups excluding carboxylic acids is 1. The van der Waals surface area contributed by atoms with Crippen molar-refractivity contribution < 1.29 is 14.3 Å². The average Bonchev–Trinajstić information content (AvgIpc) is 3.30. The van der Waals surface area contributed by atoms with Crippen molar-refractivity contribution in [2.24, 2.45) is 0 Å². The number of fused-ring (bicyclic) bond motifs is 2. The predicted molar refractivity (Wildman–Crippen MR) is 131 cm³/mol. The number of methoxy groups -OCH3 is 1. The Bertz CT molecular complexity index is 1290. The van der Waals surface area contributed by atoms with Gasteiger partial charge in [-0.3, -0.25) is 9.78 Å². The standard InChI is InChI=1S/C27H28N4O3/c1-33-26(32)18-25(23-6-2-3-13-28-23)31-15-11-20-17-22(9-10-24(20)31)34-16-12-21-8-7-19-5-4-14-29-27(19)30-21/h2-3,6-11,13,15,17,25H,4-5,12,14,16,18H2,1H3,(H,29,30). The van der Waals surface area contributed by atoms with Crippen LogP contribution in [0.5, 0.6) is 5.75 Å². The Balaban J connectivity index is 1.30. The van der Waals surface area contributed by atoms with Gasteiger partial charge in [0.25, 0.3) is 0 Å². The maximum Gasteiger partial charge on any atom is 0.308 e. The number of nitrogens with one attached hydrogen (secondary N) is 1. The molecule has 3 aromatic heterocycles. The van der Waals surface area contributed by atoms with Gasteiger partial charge < -0.3 is 19.4 Å². The zero-order valence-corrected chi connectivity index (χ0v) is 19.2. The van der Waals surface area contributed by atoms with Gasteiger partial charge in [0.15, 0.2) is 0 Å². The van der Waals surface area contributed by atoms with Crippen LogP contribution in [-0.2, 0) is 22.4 Å². The lowest BCUT2D eigenvalue weighted by Crippen LogP contribution is -2.16. The Kier molecular flexibility index (Phi) is 6.42. The third-order valence-corrected chi connectivity index (χ3v) is 6.22. The maximum absolute atomic E-state index is 12.1. The molecular formula is C27H28N4O3. The summed E-state index contributed by atoms with van der Waals surface area (Å²) in [6.45, 7) is 1.54. The minimum absolute atomic E-state index is 0.207. The number of ether oxygens (including phenoxy) is 2.